The van der Waals surface area contributed by atoms with Gasteiger partial charge < -0.3 is 14.7 Å². The number of carbonyl (C=O) groups excluding carboxylic acids is 1. The molecule has 1 N–H and O–H groups in total. The highest BCUT2D eigenvalue weighted by atomic mass is 35.5. The molecule has 1 aromatic heterocycles. The molecular weight excluding hydrogens is 376 g/mol. The molecule has 144 valence electrons. The van der Waals surface area contributed by atoms with E-state index in [4.69, 9.17) is 16.1 Å². The first kappa shape index (κ1) is 18.5. The van der Waals surface area contributed by atoms with Gasteiger partial charge in [-0.05, 0) is 43.0 Å². The minimum Gasteiger partial charge on any atom is -0.337 e. The first-order chi connectivity index (χ1) is 13.7. The van der Waals surface area contributed by atoms with E-state index in [0.29, 0.717) is 23.3 Å². The molecule has 1 aliphatic heterocycles. The molecule has 2 amide bonds. The largest absolute Gasteiger partial charge is 0.337 e. The fraction of sp³-hybridized carbons (Fsp3) is 0.286. The van der Waals surface area contributed by atoms with E-state index in [1.165, 1.54) is 0 Å². The van der Waals surface area contributed by atoms with Crippen molar-refractivity contribution in [2.75, 3.05) is 11.9 Å². The maximum Gasteiger partial charge on any atom is 0.322 e. The Morgan fingerprint density at radius 2 is 2.14 bits per heavy atom. The summed E-state index contributed by atoms with van der Waals surface area (Å²) < 4.78 is 5.49. The van der Waals surface area contributed by atoms with Crippen LogP contribution in [0.3, 0.4) is 0 Å². The van der Waals surface area contributed by atoms with Crippen LogP contribution in [0.2, 0.25) is 5.02 Å². The summed E-state index contributed by atoms with van der Waals surface area (Å²) in [6.07, 6.45) is 2.54. The highest BCUT2D eigenvalue weighted by Crippen LogP contribution is 2.33. The van der Waals surface area contributed by atoms with Crippen molar-refractivity contribution < 1.29 is 9.32 Å². The Morgan fingerprint density at radius 3 is 2.96 bits per heavy atom. The van der Waals surface area contributed by atoms with Gasteiger partial charge in [-0.25, -0.2) is 4.79 Å². The Labute approximate surface area is 168 Å². The molecule has 0 radical (unpaired) electrons. The normalized spacial score (nSPS) is 16.4. The van der Waals surface area contributed by atoms with E-state index in [1.54, 1.807) is 17.0 Å². The second-order valence-corrected chi connectivity index (χ2v) is 7.20. The van der Waals surface area contributed by atoms with Gasteiger partial charge in [0.25, 0.3) is 0 Å². The number of aromatic nitrogens is 2. The first-order valence-corrected chi connectivity index (χ1v) is 9.78. The van der Waals surface area contributed by atoms with Crippen LogP contribution in [0.4, 0.5) is 10.5 Å². The minimum atomic E-state index is -0.228. The number of hydrogen-bond acceptors (Lipinski definition) is 4. The van der Waals surface area contributed by atoms with E-state index in [0.717, 1.165) is 36.1 Å². The second-order valence-electron chi connectivity index (χ2n) is 6.76. The van der Waals surface area contributed by atoms with Crippen molar-refractivity contribution in [2.45, 2.75) is 32.2 Å². The highest BCUT2D eigenvalue weighted by Gasteiger charge is 2.34. The number of halogens is 1. The SMILES string of the molecule is CCc1ccccc1NC(=O)N1CCCC1c1nc(-c2cccc(Cl)c2)no1. The second kappa shape index (κ2) is 8.02. The van der Waals surface area contributed by atoms with Crippen LogP contribution in [-0.4, -0.2) is 27.6 Å². The summed E-state index contributed by atoms with van der Waals surface area (Å²) in [5.74, 6) is 0.924. The molecule has 1 fully saturated rings. The Bertz CT molecular complexity index is 988. The molecule has 7 heteroatoms. The summed E-state index contributed by atoms with van der Waals surface area (Å²) in [5, 5.41) is 7.71. The van der Waals surface area contributed by atoms with Gasteiger partial charge in [-0.3, -0.25) is 0 Å². The van der Waals surface area contributed by atoms with Crippen LogP contribution in [0.25, 0.3) is 11.4 Å². The van der Waals surface area contributed by atoms with Gasteiger partial charge in [0.15, 0.2) is 0 Å². The van der Waals surface area contributed by atoms with Gasteiger partial charge in [0.05, 0.1) is 0 Å². The lowest BCUT2D eigenvalue weighted by molar-refractivity contribution is 0.193. The summed E-state index contributed by atoms with van der Waals surface area (Å²) in [6.45, 7) is 2.72. The van der Waals surface area contributed by atoms with Gasteiger partial charge in [-0.15, -0.1) is 0 Å². The van der Waals surface area contributed by atoms with Crippen molar-refractivity contribution in [1.29, 1.82) is 0 Å². The Kier molecular flexibility index (Phi) is 5.30. The maximum absolute atomic E-state index is 12.9. The Hall–Kier alpha value is -2.86. The smallest absolute Gasteiger partial charge is 0.322 e. The van der Waals surface area contributed by atoms with Gasteiger partial charge >= 0.3 is 6.03 Å². The number of likely N-dealkylation sites (tertiary alicyclic amines) is 1. The number of amides is 2. The van der Waals surface area contributed by atoms with Gasteiger partial charge in [-0.1, -0.05) is 54.0 Å². The molecule has 0 saturated carbocycles. The molecule has 1 aliphatic rings. The maximum atomic E-state index is 12.9. The van der Waals surface area contributed by atoms with E-state index in [2.05, 4.69) is 22.4 Å². The lowest BCUT2D eigenvalue weighted by Gasteiger charge is -2.23. The fourth-order valence-corrected chi connectivity index (χ4v) is 3.71. The van der Waals surface area contributed by atoms with Crippen molar-refractivity contribution in [3.63, 3.8) is 0 Å². The number of benzene rings is 2. The summed E-state index contributed by atoms with van der Waals surface area (Å²) in [4.78, 5) is 19.2. The standard InChI is InChI=1S/C21H21ClN4O2/c1-2-14-7-3-4-10-17(14)23-21(27)26-12-6-11-18(26)20-24-19(25-28-20)15-8-5-9-16(22)13-15/h3-5,7-10,13,18H,2,6,11-12H2,1H3,(H,23,27). The van der Waals surface area contributed by atoms with Gasteiger partial charge in [0, 0.05) is 22.8 Å². The van der Waals surface area contributed by atoms with Crippen molar-refractivity contribution >= 4 is 23.3 Å². The van der Waals surface area contributed by atoms with Crippen LogP contribution >= 0.6 is 11.6 Å². The van der Waals surface area contributed by atoms with Crippen LogP contribution in [0, 0.1) is 0 Å². The van der Waals surface area contributed by atoms with Crippen LogP contribution in [-0.2, 0) is 6.42 Å². The number of aryl methyl sites for hydroxylation is 1. The van der Waals surface area contributed by atoms with E-state index in [9.17, 15) is 4.79 Å². The molecule has 1 atom stereocenters. The number of anilines is 1. The lowest BCUT2D eigenvalue weighted by Crippen LogP contribution is -2.34. The van der Waals surface area contributed by atoms with Crippen molar-refractivity contribution in [2.24, 2.45) is 0 Å². The number of nitrogens with zero attached hydrogens (tertiary/aromatic N) is 3. The average molecular weight is 397 g/mol. The zero-order valence-electron chi connectivity index (χ0n) is 15.6. The third-order valence-corrected chi connectivity index (χ3v) is 5.20. The zero-order valence-corrected chi connectivity index (χ0v) is 16.3. The Balaban J connectivity index is 1.53. The summed E-state index contributed by atoms with van der Waals surface area (Å²) in [5.41, 5.74) is 2.73. The van der Waals surface area contributed by atoms with E-state index in [1.807, 2.05) is 36.4 Å². The number of rotatable bonds is 4. The monoisotopic (exact) mass is 396 g/mol. The number of hydrogen-bond donors (Lipinski definition) is 1. The molecule has 0 aliphatic carbocycles. The quantitative estimate of drug-likeness (QED) is 0.647. The third-order valence-electron chi connectivity index (χ3n) is 4.96. The predicted octanol–water partition coefficient (Wildman–Crippen LogP) is 5.32. The fourth-order valence-electron chi connectivity index (χ4n) is 3.52. The van der Waals surface area contributed by atoms with E-state index < -0.39 is 0 Å². The summed E-state index contributed by atoms with van der Waals surface area (Å²) >= 11 is 6.05. The molecule has 4 rings (SSSR count). The third kappa shape index (κ3) is 3.73. The molecule has 2 heterocycles. The highest BCUT2D eigenvalue weighted by molar-refractivity contribution is 6.30. The van der Waals surface area contributed by atoms with Gasteiger partial charge in [0.2, 0.25) is 11.7 Å². The van der Waals surface area contributed by atoms with E-state index in [-0.39, 0.29) is 12.1 Å². The lowest BCUT2D eigenvalue weighted by atomic mass is 10.1. The Morgan fingerprint density at radius 1 is 1.29 bits per heavy atom. The molecule has 0 spiro atoms. The van der Waals surface area contributed by atoms with Gasteiger partial charge in [-0.2, -0.15) is 4.98 Å². The topological polar surface area (TPSA) is 71.3 Å². The number of urea groups is 1. The number of nitrogens with one attached hydrogen (secondary N) is 1. The van der Waals surface area contributed by atoms with Crippen molar-refractivity contribution in [3.05, 3.63) is 65.0 Å². The predicted molar refractivity (Wildman–Crippen MR) is 108 cm³/mol. The molecule has 1 saturated heterocycles. The van der Waals surface area contributed by atoms with Gasteiger partial charge in [0.1, 0.15) is 6.04 Å². The van der Waals surface area contributed by atoms with Crippen LogP contribution in [0.5, 0.6) is 0 Å². The van der Waals surface area contributed by atoms with Crippen molar-refractivity contribution in [3.8, 4) is 11.4 Å². The number of carbonyl (C=O) groups is 1. The summed E-state index contributed by atoms with van der Waals surface area (Å²) in [7, 11) is 0. The number of para-hydroxylation sites is 1. The average Bonchev–Trinajstić information content (AvgIpc) is 3.38. The molecule has 0 bridgehead atoms. The molecular formula is C21H21ClN4O2. The molecule has 1 unspecified atom stereocenters. The van der Waals surface area contributed by atoms with Crippen molar-refractivity contribution in [1.82, 2.24) is 15.0 Å². The minimum absolute atomic E-state index is 0.147. The van der Waals surface area contributed by atoms with Crippen LogP contribution in [0.15, 0.2) is 53.1 Å². The molecule has 28 heavy (non-hydrogen) atoms. The first-order valence-electron chi connectivity index (χ1n) is 9.40. The van der Waals surface area contributed by atoms with Crippen LogP contribution < -0.4 is 5.32 Å². The van der Waals surface area contributed by atoms with E-state index >= 15 is 0 Å². The zero-order chi connectivity index (χ0) is 19.5. The molecule has 6 nitrogen and oxygen atoms in total. The molecule has 3 aromatic rings. The summed E-state index contributed by atoms with van der Waals surface area (Å²) in [6, 6.07) is 14.8. The molecule has 2 aromatic carbocycles. The van der Waals surface area contributed by atoms with Crippen LogP contribution in [0.1, 0.15) is 37.3 Å².